The van der Waals surface area contributed by atoms with Gasteiger partial charge in [0.1, 0.15) is 6.61 Å². The Balaban J connectivity index is 0.00000392. The van der Waals surface area contributed by atoms with Gasteiger partial charge in [-0.15, -0.1) is 12.4 Å². The lowest BCUT2D eigenvalue weighted by Crippen LogP contribution is -2.32. The number of alkyl carbamates (subject to hydrolysis) is 1. The smallest absolute Gasteiger partial charge is 0.407 e. The second-order valence-electron chi connectivity index (χ2n) is 5.98. The van der Waals surface area contributed by atoms with Crippen molar-refractivity contribution in [3.05, 3.63) is 78.4 Å². The first-order valence-electron chi connectivity index (χ1n) is 8.80. The van der Waals surface area contributed by atoms with E-state index in [1.165, 1.54) is 6.08 Å². The maximum atomic E-state index is 12.5. The molecule has 0 bridgehead atoms. The number of anilines is 1. The van der Waals surface area contributed by atoms with Gasteiger partial charge in [-0.3, -0.25) is 4.79 Å². The van der Waals surface area contributed by atoms with Crippen molar-refractivity contribution in [1.82, 2.24) is 5.32 Å². The quantitative estimate of drug-likeness (QED) is 0.558. The highest BCUT2D eigenvalue weighted by atomic mass is 35.5. The van der Waals surface area contributed by atoms with Crippen LogP contribution in [0.1, 0.15) is 23.6 Å². The van der Waals surface area contributed by atoms with E-state index in [1.54, 1.807) is 0 Å². The Morgan fingerprint density at radius 2 is 1.79 bits per heavy atom. The van der Waals surface area contributed by atoms with E-state index in [0.717, 1.165) is 17.5 Å². The summed E-state index contributed by atoms with van der Waals surface area (Å²) in [5, 5.41) is 5.58. The Bertz CT molecular complexity index is 751. The van der Waals surface area contributed by atoms with Crippen LogP contribution in [0.15, 0.2) is 67.3 Å². The summed E-state index contributed by atoms with van der Waals surface area (Å²) in [6.45, 7) is 4.19. The van der Waals surface area contributed by atoms with Gasteiger partial charge in [0.2, 0.25) is 5.91 Å². The van der Waals surface area contributed by atoms with Crippen LogP contribution in [0.3, 0.4) is 0 Å². The fourth-order valence-electron chi connectivity index (χ4n) is 2.57. The van der Waals surface area contributed by atoms with E-state index in [-0.39, 0.29) is 31.3 Å². The summed E-state index contributed by atoms with van der Waals surface area (Å²) in [5.74, 6) is -0.209. The molecule has 0 heterocycles. The summed E-state index contributed by atoms with van der Waals surface area (Å²) in [4.78, 5) is 24.4. The van der Waals surface area contributed by atoms with Gasteiger partial charge >= 0.3 is 6.09 Å². The van der Waals surface area contributed by atoms with Gasteiger partial charge in [0, 0.05) is 5.69 Å². The topological polar surface area (TPSA) is 93.4 Å². The highest BCUT2D eigenvalue weighted by Crippen LogP contribution is 2.18. The van der Waals surface area contributed by atoms with Crippen molar-refractivity contribution < 1.29 is 14.3 Å². The molecular formula is C21H26ClN3O3. The van der Waals surface area contributed by atoms with E-state index in [0.29, 0.717) is 12.2 Å². The molecule has 0 radical (unpaired) electrons. The van der Waals surface area contributed by atoms with Crippen molar-refractivity contribution in [2.45, 2.75) is 18.9 Å². The second kappa shape index (κ2) is 12.5. The molecule has 7 heteroatoms. The summed E-state index contributed by atoms with van der Waals surface area (Å²) in [7, 11) is 0. The van der Waals surface area contributed by atoms with Crippen molar-refractivity contribution in [1.29, 1.82) is 0 Å². The number of halogens is 1. The van der Waals surface area contributed by atoms with Crippen LogP contribution in [0, 0.1) is 0 Å². The molecule has 2 amide bonds. The number of hydrogen-bond acceptors (Lipinski definition) is 4. The molecule has 0 fully saturated rings. The van der Waals surface area contributed by atoms with E-state index in [4.69, 9.17) is 10.5 Å². The Morgan fingerprint density at radius 1 is 1.11 bits per heavy atom. The Hall–Kier alpha value is -2.83. The van der Waals surface area contributed by atoms with E-state index in [9.17, 15) is 9.59 Å². The summed E-state index contributed by atoms with van der Waals surface area (Å²) in [6.07, 6.45) is 1.76. The summed E-state index contributed by atoms with van der Waals surface area (Å²) in [5.41, 5.74) is 8.17. The third-order valence-electron chi connectivity index (χ3n) is 3.89. The van der Waals surface area contributed by atoms with Gasteiger partial charge in [0.25, 0.3) is 0 Å². The molecule has 0 spiro atoms. The third kappa shape index (κ3) is 7.82. The molecule has 0 aliphatic carbocycles. The fourth-order valence-corrected chi connectivity index (χ4v) is 2.57. The van der Waals surface area contributed by atoms with Crippen LogP contribution in [-0.2, 0) is 16.0 Å². The van der Waals surface area contributed by atoms with Crippen LogP contribution in [0.2, 0.25) is 0 Å². The molecular weight excluding hydrogens is 378 g/mol. The predicted octanol–water partition coefficient (Wildman–Crippen LogP) is 3.59. The van der Waals surface area contributed by atoms with E-state index < -0.39 is 12.1 Å². The monoisotopic (exact) mass is 403 g/mol. The van der Waals surface area contributed by atoms with Crippen LogP contribution in [0.4, 0.5) is 10.5 Å². The molecule has 2 rings (SSSR count). The highest BCUT2D eigenvalue weighted by molar-refractivity contribution is 5.91. The van der Waals surface area contributed by atoms with Crippen molar-refractivity contribution in [2.75, 3.05) is 18.5 Å². The molecule has 0 aliphatic heterocycles. The number of benzene rings is 2. The normalized spacial score (nSPS) is 10.9. The first-order chi connectivity index (χ1) is 13.1. The molecule has 1 unspecified atom stereocenters. The van der Waals surface area contributed by atoms with Gasteiger partial charge in [-0.2, -0.15) is 0 Å². The zero-order valence-corrected chi connectivity index (χ0v) is 16.4. The molecule has 0 saturated carbocycles. The van der Waals surface area contributed by atoms with Crippen molar-refractivity contribution in [3.63, 3.8) is 0 Å². The second-order valence-corrected chi connectivity index (χ2v) is 5.98. The van der Waals surface area contributed by atoms with Crippen LogP contribution in [-0.4, -0.2) is 25.2 Å². The van der Waals surface area contributed by atoms with Gasteiger partial charge in [-0.05, 0) is 36.2 Å². The average Bonchev–Trinajstić information content (AvgIpc) is 2.68. The van der Waals surface area contributed by atoms with Gasteiger partial charge in [-0.1, -0.05) is 55.1 Å². The molecule has 4 N–H and O–H groups in total. The van der Waals surface area contributed by atoms with Gasteiger partial charge in [-0.25, -0.2) is 4.79 Å². The van der Waals surface area contributed by atoms with Gasteiger partial charge < -0.3 is 21.1 Å². The minimum absolute atomic E-state index is 0. The zero-order chi connectivity index (χ0) is 19.5. The van der Waals surface area contributed by atoms with Gasteiger partial charge in [0.05, 0.1) is 12.5 Å². The molecule has 6 nitrogen and oxygen atoms in total. The lowest BCUT2D eigenvalue weighted by Gasteiger charge is -2.18. The SMILES string of the molecule is C=CCOC(=O)NC(CC(=O)Nc1ccc(CCN)cc1)c1ccccc1.Cl. The number of nitrogens with one attached hydrogen (secondary N) is 2. The Morgan fingerprint density at radius 3 is 2.39 bits per heavy atom. The predicted molar refractivity (Wildman–Crippen MR) is 114 cm³/mol. The Labute approximate surface area is 171 Å². The van der Waals surface area contributed by atoms with Crippen LogP contribution in [0.5, 0.6) is 0 Å². The van der Waals surface area contributed by atoms with E-state index in [1.807, 2.05) is 54.6 Å². The molecule has 2 aromatic rings. The molecule has 0 aromatic heterocycles. The number of hydrogen-bond donors (Lipinski definition) is 3. The van der Waals surface area contributed by atoms with Crippen molar-refractivity contribution in [2.24, 2.45) is 5.73 Å². The Kier molecular flexibility index (Phi) is 10.4. The highest BCUT2D eigenvalue weighted by Gasteiger charge is 2.19. The fraction of sp³-hybridized carbons (Fsp3) is 0.238. The number of amides is 2. The standard InChI is InChI=1S/C21H25N3O3.ClH/c1-2-14-27-21(26)24-19(17-6-4-3-5-7-17)15-20(25)23-18-10-8-16(9-11-18)12-13-22;/h2-11,19H,1,12-15,22H2,(H,23,25)(H,24,26);1H. The molecule has 150 valence electrons. The largest absolute Gasteiger partial charge is 0.445 e. The average molecular weight is 404 g/mol. The van der Waals surface area contributed by atoms with Crippen LogP contribution >= 0.6 is 12.4 Å². The van der Waals surface area contributed by atoms with Crippen LogP contribution in [0.25, 0.3) is 0 Å². The summed E-state index contributed by atoms with van der Waals surface area (Å²) < 4.78 is 4.97. The molecule has 0 aliphatic rings. The molecule has 0 saturated heterocycles. The lowest BCUT2D eigenvalue weighted by molar-refractivity contribution is -0.116. The molecule has 28 heavy (non-hydrogen) atoms. The minimum atomic E-state index is -0.595. The number of nitrogens with two attached hydrogens (primary N) is 1. The summed E-state index contributed by atoms with van der Waals surface area (Å²) in [6, 6.07) is 16.3. The van der Waals surface area contributed by atoms with Crippen molar-refractivity contribution in [3.8, 4) is 0 Å². The minimum Gasteiger partial charge on any atom is -0.445 e. The first-order valence-corrected chi connectivity index (χ1v) is 8.80. The third-order valence-corrected chi connectivity index (χ3v) is 3.89. The zero-order valence-electron chi connectivity index (χ0n) is 15.6. The lowest BCUT2D eigenvalue weighted by atomic mass is 10.0. The molecule has 2 aromatic carbocycles. The summed E-state index contributed by atoms with van der Waals surface area (Å²) >= 11 is 0. The van der Waals surface area contributed by atoms with E-state index in [2.05, 4.69) is 17.2 Å². The van der Waals surface area contributed by atoms with Crippen molar-refractivity contribution >= 4 is 30.1 Å². The van der Waals surface area contributed by atoms with E-state index >= 15 is 0 Å². The number of ether oxygens (including phenoxy) is 1. The first kappa shape index (κ1) is 23.2. The number of carbonyl (C=O) groups excluding carboxylic acids is 2. The maximum absolute atomic E-state index is 12.5. The number of rotatable bonds is 9. The van der Waals surface area contributed by atoms with Crippen LogP contribution < -0.4 is 16.4 Å². The number of carbonyl (C=O) groups is 2. The van der Waals surface area contributed by atoms with Gasteiger partial charge in [0.15, 0.2) is 0 Å². The molecule has 1 atom stereocenters. The maximum Gasteiger partial charge on any atom is 0.407 e.